The first-order chi connectivity index (χ1) is 6.74. The molecule has 0 aliphatic carbocycles. The summed E-state index contributed by atoms with van der Waals surface area (Å²) in [5.74, 6) is 0. The van der Waals surface area contributed by atoms with Crippen molar-refractivity contribution in [3.63, 3.8) is 0 Å². The summed E-state index contributed by atoms with van der Waals surface area (Å²) >= 11 is 0. The second-order valence-corrected chi connectivity index (χ2v) is 4.45. The first kappa shape index (κ1) is 14.0. The van der Waals surface area contributed by atoms with Gasteiger partial charge in [-0.1, -0.05) is 46.5 Å². The molecule has 0 spiro atoms. The SMILES string of the molecule is CCCCCCC(CC)(CC)COC. The second kappa shape index (κ2) is 8.28. The van der Waals surface area contributed by atoms with Crippen molar-refractivity contribution in [1.82, 2.24) is 0 Å². The maximum atomic E-state index is 5.35. The molecule has 0 N–H and O–H groups in total. The van der Waals surface area contributed by atoms with Crippen LogP contribution in [0.5, 0.6) is 0 Å². The molecule has 0 aromatic heterocycles. The molecule has 0 heterocycles. The van der Waals surface area contributed by atoms with Gasteiger partial charge < -0.3 is 4.74 Å². The Balaban J connectivity index is 3.82. The largest absolute Gasteiger partial charge is 0.384 e. The molecular formula is C13H28O. The van der Waals surface area contributed by atoms with Crippen LogP contribution in [0.4, 0.5) is 0 Å². The molecule has 0 aliphatic heterocycles. The van der Waals surface area contributed by atoms with E-state index in [2.05, 4.69) is 20.8 Å². The van der Waals surface area contributed by atoms with Gasteiger partial charge in [0.2, 0.25) is 0 Å². The van der Waals surface area contributed by atoms with Gasteiger partial charge in [0, 0.05) is 7.11 Å². The highest BCUT2D eigenvalue weighted by molar-refractivity contribution is 4.76. The zero-order chi connectivity index (χ0) is 10.9. The summed E-state index contributed by atoms with van der Waals surface area (Å²) in [6.07, 6.45) is 9.33. The van der Waals surface area contributed by atoms with Crippen LogP contribution in [-0.4, -0.2) is 13.7 Å². The highest BCUT2D eigenvalue weighted by Crippen LogP contribution is 2.33. The number of rotatable bonds is 9. The van der Waals surface area contributed by atoms with Gasteiger partial charge in [-0.05, 0) is 24.7 Å². The van der Waals surface area contributed by atoms with Crippen molar-refractivity contribution in [2.75, 3.05) is 13.7 Å². The standard InChI is InChI=1S/C13H28O/c1-5-8-9-10-11-13(6-2,7-3)12-14-4/h5-12H2,1-4H3. The van der Waals surface area contributed by atoms with Crippen molar-refractivity contribution in [3.8, 4) is 0 Å². The fraction of sp³-hybridized carbons (Fsp3) is 1.00. The Kier molecular flexibility index (Phi) is 8.26. The van der Waals surface area contributed by atoms with Gasteiger partial charge >= 0.3 is 0 Å². The topological polar surface area (TPSA) is 9.23 Å². The fourth-order valence-corrected chi connectivity index (χ4v) is 2.11. The van der Waals surface area contributed by atoms with E-state index in [9.17, 15) is 0 Å². The second-order valence-electron chi connectivity index (χ2n) is 4.45. The van der Waals surface area contributed by atoms with Crippen molar-refractivity contribution >= 4 is 0 Å². The number of unbranched alkanes of at least 4 members (excludes halogenated alkanes) is 3. The molecular weight excluding hydrogens is 172 g/mol. The number of methoxy groups -OCH3 is 1. The van der Waals surface area contributed by atoms with Crippen LogP contribution in [0.3, 0.4) is 0 Å². The predicted molar refractivity (Wildman–Crippen MR) is 63.7 cm³/mol. The summed E-state index contributed by atoms with van der Waals surface area (Å²) < 4.78 is 5.35. The third-order valence-electron chi connectivity index (χ3n) is 3.51. The lowest BCUT2D eigenvalue weighted by molar-refractivity contribution is 0.0631. The molecule has 0 saturated heterocycles. The third kappa shape index (κ3) is 4.99. The van der Waals surface area contributed by atoms with E-state index in [1.807, 2.05) is 7.11 Å². The zero-order valence-corrected chi connectivity index (χ0v) is 10.6. The maximum absolute atomic E-state index is 5.35. The minimum Gasteiger partial charge on any atom is -0.384 e. The molecule has 0 rings (SSSR count). The summed E-state index contributed by atoms with van der Waals surface area (Å²) in [6.45, 7) is 7.79. The monoisotopic (exact) mass is 200 g/mol. The van der Waals surface area contributed by atoms with Crippen molar-refractivity contribution < 1.29 is 4.74 Å². The van der Waals surface area contributed by atoms with Crippen LogP contribution in [0.2, 0.25) is 0 Å². The van der Waals surface area contributed by atoms with Crippen LogP contribution in [0.25, 0.3) is 0 Å². The Bertz CT molecular complexity index is 116. The third-order valence-corrected chi connectivity index (χ3v) is 3.51. The molecule has 0 radical (unpaired) electrons. The molecule has 0 aliphatic rings. The van der Waals surface area contributed by atoms with E-state index >= 15 is 0 Å². The summed E-state index contributed by atoms with van der Waals surface area (Å²) in [6, 6.07) is 0. The van der Waals surface area contributed by atoms with E-state index in [1.54, 1.807) is 0 Å². The summed E-state index contributed by atoms with van der Waals surface area (Å²) in [5, 5.41) is 0. The Morgan fingerprint density at radius 2 is 1.57 bits per heavy atom. The van der Waals surface area contributed by atoms with Crippen molar-refractivity contribution in [2.24, 2.45) is 5.41 Å². The van der Waals surface area contributed by atoms with Gasteiger partial charge in [0.05, 0.1) is 6.61 Å². The molecule has 0 amide bonds. The van der Waals surface area contributed by atoms with Gasteiger partial charge in [-0.25, -0.2) is 0 Å². The summed E-state index contributed by atoms with van der Waals surface area (Å²) in [7, 11) is 1.83. The molecule has 86 valence electrons. The number of hydrogen-bond acceptors (Lipinski definition) is 1. The normalized spacial score (nSPS) is 12.0. The highest BCUT2D eigenvalue weighted by atomic mass is 16.5. The maximum Gasteiger partial charge on any atom is 0.0518 e. The van der Waals surface area contributed by atoms with E-state index in [0.717, 1.165) is 6.61 Å². The molecule has 0 aromatic rings. The van der Waals surface area contributed by atoms with Crippen LogP contribution in [0.1, 0.15) is 65.7 Å². The molecule has 14 heavy (non-hydrogen) atoms. The van der Waals surface area contributed by atoms with Crippen molar-refractivity contribution in [1.29, 1.82) is 0 Å². The van der Waals surface area contributed by atoms with Gasteiger partial charge in [-0.3, -0.25) is 0 Å². The van der Waals surface area contributed by atoms with Gasteiger partial charge in [0.25, 0.3) is 0 Å². The average Bonchev–Trinajstić information content (AvgIpc) is 2.23. The highest BCUT2D eigenvalue weighted by Gasteiger charge is 2.25. The van der Waals surface area contributed by atoms with Crippen LogP contribution < -0.4 is 0 Å². The van der Waals surface area contributed by atoms with Crippen LogP contribution in [-0.2, 0) is 4.74 Å². The first-order valence-electron chi connectivity index (χ1n) is 6.23. The Morgan fingerprint density at radius 1 is 0.929 bits per heavy atom. The summed E-state index contributed by atoms with van der Waals surface area (Å²) in [5.41, 5.74) is 0.461. The lowest BCUT2D eigenvalue weighted by atomic mass is 9.78. The molecule has 0 bridgehead atoms. The van der Waals surface area contributed by atoms with Crippen LogP contribution >= 0.6 is 0 Å². The molecule has 0 aromatic carbocycles. The van der Waals surface area contributed by atoms with Gasteiger partial charge in [-0.15, -0.1) is 0 Å². The molecule has 1 heteroatoms. The number of hydrogen-bond donors (Lipinski definition) is 0. The zero-order valence-electron chi connectivity index (χ0n) is 10.6. The Hall–Kier alpha value is -0.0400. The van der Waals surface area contributed by atoms with E-state index in [4.69, 9.17) is 4.74 Å². The van der Waals surface area contributed by atoms with Gasteiger partial charge in [-0.2, -0.15) is 0 Å². The molecule has 0 atom stereocenters. The fourth-order valence-electron chi connectivity index (χ4n) is 2.11. The molecule has 1 nitrogen and oxygen atoms in total. The number of ether oxygens (including phenoxy) is 1. The van der Waals surface area contributed by atoms with Gasteiger partial charge in [0.15, 0.2) is 0 Å². The molecule has 0 fully saturated rings. The van der Waals surface area contributed by atoms with E-state index in [-0.39, 0.29) is 0 Å². The molecule has 0 unspecified atom stereocenters. The minimum atomic E-state index is 0.461. The van der Waals surface area contributed by atoms with E-state index in [1.165, 1.54) is 44.9 Å². The van der Waals surface area contributed by atoms with E-state index in [0.29, 0.717) is 5.41 Å². The van der Waals surface area contributed by atoms with Gasteiger partial charge in [0.1, 0.15) is 0 Å². The smallest absolute Gasteiger partial charge is 0.0518 e. The molecule has 0 saturated carbocycles. The lowest BCUT2D eigenvalue weighted by Gasteiger charge is -2.31. The average molecular weight is 200 g/mol. The Morgan fingerprint density at radius 3 is 2.00 bits per heavy atom. The first-order valence-corrected chi connectivity index (χ1v) is 6.23. The van der Waals surface area contributed by atoms with Crippen molar-refractivity contribution in [2.45, 2.75) is 65.7 Å². The van der Waals surface area contributed by atoms with E-state index < -0.39 is 0 Å². The lowest BCUT2D eigenvalue weighted by Crippen LogP contribution is -2.24. The quantitative estimate of drug-likeness (QED) is 0.501. The minimum absolute atomic E-state index is 0.461. The van der Waals surface area contributed by atoms with Crippen LogP contribution in [0.15, 0.2) is 0 Å². The van der Waals surface area contributed by atoms with Crippen LogP contribution in [0, 0.1) is 5.41 Å². The Labute approximate surface area is 90.2 Å². The summed E-state index contributed by atoms with van der Waals surface area (Å²) in [4.78, 5) is 0. The van der Waals surface area contributed by atoms with Crippen molar-refractivity contribution in [3.05, 3.63) is 0 Å². The predicted octanol–water partition coefficient (Wildman–Crippen LogP) is 4.41.